The second-order valence-corrected chi connectivity index (χ2v) is 6.50. The summed E-state index contributed by atoms with van der Waals surface area (Å²) in [6.07, 6.45) is 2.95. The fourth-order valence-electron chi connectivity index (χ4n) is 3.43. The van der Waals surface area contributed by atoms with Gasteiger partial charge in [0.25, 0.3) is 5.91 Å². The monoisotopic (exact) mass is 324 g/mol. The molecule has 2 aromatic rings. The number of benzene rings is 1. The summed E-state index contributed by atoms with van der Waals surface area (Å²) in [7, 11) is 0. The van der Waals surface area contributed by atoms with Gasteiger partial charge in [-0.15, -0.1) is 0 Å². The third-order valence-corrected chi connectivity index (χ3v) is 4.74. The highest BCUT2D eigenvalue weighted by Gasteiger charge is 2.27. The highest BCUT2D eigenvalue weighted by molar-refractivity contribution is 5.95. The zero-order valence-corrected chi connectivity index (χ0v) is 14.3. The van der Waals surface area contributed by atoms with E-state index in [2.05, 4.69) is 11.1 Å². The van der Waals surface area contributed by atoms with E-state index in [1.54, 1.807) is 0 Å². The number of carbonyl (C=O) groups is 1. The molecule has 4 nitrogen and oxygen atoms in total. The molecule has 1 aromatic carbocycles. The molecule has 1 saturated heterocycles. The number of aromatic nitrogens is 1. The first-order chi connectivity index (χ1) is 11.6. The van der Waals surface area contributed by atoms with Gasteiger partial charge in [0.1, 0.15) is 0 Å². The second kappa shape index (κ2) is 7.14. The Kier molecular flexibility index (Phi) is 4.95. The Hall–Kier alpha value is -2.20. The van der Waals surface area contributed by atoms with Crippen molar-refractivity contribution in [2.45, 2.75) is 39.2 Å². The Labute approximate surface area is 143 Å². The van der Waals surface area contributed by atoms with Crippen LogP contribution in [0.3, 0.4) is 0 Å². The van der Waals surface area contributed by atoms with Gasteiger partial charge in [-0.2, -0.15) is 0 Å². The van der Waals surface area contributed by atoms with E-state index in [-0.39, 0.29) is 18.6 Å². The van der Waals surface area contributed by atoms with Crippen molar-refractivity contribution < 1.29 is 9.90 Å². The standard InChI is InChI=1S/C20H24N2O2/c1-14-9-10-19(15(2)21-14)16-6-5-7-17(12-16)20(24)22-11-4-3-8-18(22)13-23/h5-7,9-10,12,18,23H,3-4,8,11,13H2,1-2H3/t18-/m1/s1. The Bertz CT molecular complexity index is 742. The second-order valence-electron chi connectivity index (χ2n) is 6.50. The maximum atomic E-state index is 12.9. The van der Waals surface area contributed by atoms with Crippen LogP contribution in [0.25, 0.3) is 11.1 Å². The van der Waals surface area contributed by atoms with Crippen molar-refractivity contribution in [1.82, 2.24) is 9.88 Å². The van der Waals surface area contributed by atoms with Crippen LogP contribution in [0.5, 0.6) is 0 Å². The first-order valence-electron chi connectivity index (χ1n) is 8.56. The normalized spacial score (nSPS) is 17.8. The molecule has 0 aliphatic carbocycles. The summed E-state index contributed by atoms with van der Waals surface area (Å²) >= 11 is 0. The van der Waals surface area contributed by atoms with E-state index in [1.165, 1.54) is 0 Å². The molecular weight excluding hydrogens is 300 g/mol. The minimum Gasteiger partial charge on any atom is -0.394 e. The lowest BCUT2D eigenvalue weighted by Crippen LogP contribution is -2.45. The lowest BCUT2D eigenvalue weighted by Gasteiger charge is -2.34. The molecule has 4 heteroatoms. The number of aryl methyl sites for hydroxylation is 2. The number of aliphatic hydroxyl groups excluding tert-OH is 1. The van der Waals surface area contributed by atoms with Gasteiger partial charge in [0.2, 0.25) is 0 Å². The van der Waals surface area contributed by atoms with Crippen LogP contribution in [-0.2, 0) is 0 Å². The van der Waals surface area contributed by atoms with Crippen LogP contribution in [0.2, 0.25) is 0 Å². The quantitative estimate of drug-likeness (QED) is 0.942. The maximum absolute atomic E-state index is 12.9. The zero-order chi connectivity index (χ0) is 17.1. The van der Waals surface area contributed by atoms with Gasteiger partial charge in [-0.1, -0.05) is 18.2 Å². The predicted octanol–water partition coefficient (Wildman–Crippen LogP) is 3.35. The molecule has 24 heavy (non-hydrogen) atoms. The SMILES string of the molecule is Cc1ccc(-c2cccc(C(=O)N3CCCC[C@@H]3CO)c2)c(C)n1. The molecule has 1 amide bonds. The molecule has 0 unspecified atom stereocenters. The van der Waals surface area contributed by atoms with E-state index in [4.69, 9.17) is 0 Å². The van der Waals surface area contributed by atoms with Gasteiger partial charge in [-0.3, -0.25) is 9.78 Å². The van der Waals surface area contributed by atoms with Crippen LogP contribution in [-0.4, -0.2) is 40.1 Å². The minimum absolute atomic E-state index is 0.00771. The third kappa shape index (κ3) is 3.34. The predicted molar refractivity (Wildman–Crippen MR) is 94.9 cm³/mol. The van der Waals surface area contributed by atoms with Crippen molar-refractivity contribution in [2.75, 3.05) is 13.2 Å². The van der Waals surface area contributed by atoms with Gasteiger partial charge in [0.05, 0.1) is 12.6 Å². The largest absolute Gasteiger partial charge is 0.394 e. The van der Waals surface area contributed by atoms with Crippen LogP contribution in [0, 0.1) is 13.8 Å². The average Bonchev–Trinajstić information content (AvgIpc) is 2.61. The number of pyridine rings is 1. The number of piperidine rings is 1. The summed E-state index contributed by atoms with van der Waals surface area (Å²) in [5, 5.41) is 9.55. The van der Waals surface area contributed by atoms with Crippen molar-refractivity contribution in [1.29, 1.82) is 0 Å². The highest BCUT2D eigenvalue weighted by Crippen LogP contribution is 2.25. The van der Waals surface area contributed by atoms with E-state index < -0.39 is 0 Å². The van der Waals surface area contributed by atoms with Crippen molar-refractivity contribution in [3.63, 3.8) is 0 Å². The molecule has 1 aliphatic heterocycles. The smallest absolute Gasteiger partial charge is 0.254 e. The lowest BCUT2D eigenvalue weighted by molar-refractivity contribution is 0.0503. The van der Waals surface area contributed by atoms with Crippen molar-refractivity contribution in [3.05, 3.63) is 53.3 Å². The van der Waals surface area contributed by atoms with E-state index in [9.17, 15) is 9.90 Å². The molecular formula is C20H24N2O2. The topological polar surface area (TPSA) is 53.4 Å². The number of carbonyl (C=O) groups excluding carboxylic acids is 1. The molecule has 3 rings (SSSR count). The Morgan fingerprint density at radius 3 is 2.83 bits per heavy atom. The Balaban J connectivity index is 1.91. The Morgan fingerprint density at radius 1 is 1.25 bits per heavy atom. The van der Waals surface area contributed by atoms with E-state index in [0.29, 0.717) is 5.56 Å². The first kappa shape index (κ1) is 16.7. The van der Waals surface area contributed by atoms with Gasteiger partial charge < -0.3 is 10.0 Å². The molecule has 0 spiro atoms. The van der Waals surface area contributed by atoms with Gasteiger partial charge >= 0.3 is 0 Å². The van der Waals surface area contributed by atoms with Crippen LogP contribution in [0.4, 0.5) is 0 Å². The number of nitrogens with zero attached hydrogens (tertiary/aromatic N) is 2. The van der Waals surface area contributed by atoms with Crippen molar-refractivity contribution >= 4 is 5.91 Å². The first-order valence-corrected chi connectivity index (χ1v) is 8.56. The van der Waals surface area contributed by atoms with Crippen molar-refractivity contribution in [2.24, 2.45) is 0 Å². The fraction of sp³-hybridized carbons (Fsp3) is 0.400. The van der Waals surface area contributed by atoms with Gasteiger partial charge in [0.15, 0.2) is 0 Å². The van der Waals surface area contributed by atoms with Crippen LogP contribution in [0.15, 0.2) is 36.4 Å². The number of likely N-dealkylation sites (tertiary alicyclic amines) is 1. The maximum Gasteiger partial charge on any atom is 0.254 e. The number of hydrogen-bond acceptors (Lipinski definition) is 3. The van der Waals surface area contributed by atoms with Crippen LogP contribution in [0.1, 0.15) is 41.0 Å². The van der Waals surface area contributed by atoms with E-state index >= 15 is 0 Å². The van der Waals surface area contributed by atoms with Gasteiger partial charge in [-0.25, -0.2) is 0 Å². The number of hydrogen-bond donors (Lipinski definition) is 1. The molecule has 1 fully saturated rings. The van der Waals surface area contributed by atoms with E-state index in [0.717, 1.165) is 48.3 Å². The minimum atomic E-state index is -0.0577. The molecule has 1 N–H and O–H groups in total. The summed E-state index contributed by atoms with van der Waals surface area (Å²) in [6.45, 7) is 4.72. The lowest BCUT2D eigenvalue weighted by atomic mass is 9.98. The molecule has 1 atom stereocenters. The van der Waals surface area contributed by atoms with Crippen molar-refractivity contribution in [3.8, 4) is 11.1 Å². The zero-order valence-electron chi connectivity index (χ0n) is 14.3. The molecule has 0 radical (unpaired) electrons. The molecule has 1 aliphatic rings. The average molecular weight is 324 g/mol. The summed E-state index contributed by atoms with van der Waals surface area (Å²) < 4.78 is 0. The molecule has 0 bridgehead atoms. The number of amides is 1. The number of aliphatic hydroxyl groups is 1. The Morgan fingerprint density at radius 2 is 2.08 bits per heavy atom. The molecule has 0 saturated carbocycles. The summed E-state index contributed by atoms with van der Waals surface area (Å²) in [5.74, 6) is 0.00771. The third-order valence-electron chi connectivity index (χ3n) is 4.74. The van der Waals surface area contributed by atoms with Crippen LogP contribution >= 0.6 is 0 Å². The van der Waals surface area contributed by atoms with Gasteiger partial charge in [-0.05, 0) is 56.9 Å². The summed E-state index contributed by atoms with van der Waals surface area (Å²) in [6, 6.07) is 11.7. The summed E-state index contributed by atoms with van der Waals surface area (Å²) in [5.41, 5.74) is 4.68. The van der Waals surface area contributed by atoms with Crippen LogP contribution < -0.4 is 0 Å². The molecule has 1 aromatic heterocycles. The molecule has 2 heterocycles. The van der Waals surface area contributed by atoms with E-state index in [1.807, 2.05) is 49.1 Å². The number of rotatable bonds is 3. The fourth-order valence-corrected chi connectivity index (χ4v) is 3.43. The highest BCUT2D eigenvalue weighted by atomic mass is 16.3. The summed E-state index contributed by atoms with van der Waals surface area (Å²) in [4.78, 5) is 19.2. The van der Waals surface area contributed by atoms with Gasteiger partial charge in [0, 0.05) is 29.1 Å². The molecule has 126 valence electrons.